The van der Waals surface area contributed by atoms with Gasteiger partial charge in [0.2, 0.25) is 5.78 Å². The molecule has 0 bridgehead atoms. The second-order valence-electron chi connectivity index (χ2n) is 6.00. The highest BCUT2D eigenvalue weighted by Crippen LogP contribution is 2.27. The average molecular weight is 338 g/mol. The fraction of sp³-hybridized carbons (Fsp3) is 0.300. The Morgan fingerprint density at radius 2 is 1.68 bits per heavy atom. The molecule has 5 heteroatoms. The fourth-order valence-corrected chi connectivity index (χ4v) is 2.79. The van der Waals surface area contributed by atoms with Gasteiger partial charge in [0.15, 0.2) is 6.10 Å². The van der Waals surface area contributed by atoms with Crippen LogP contribution >= 0.6 is 0 Å². The van der Waals surface area contributed by atoms with Crippen LogP contribution in [0.1, 0.15) is 33.6 Å². The van der Waals surface area contributed by atoms with Gasteiger partial charge in [0.25, 0.3) is 5.91 Å². The fourth-order valence-electron chi connectivity index (χ4n) is 2.79. The van der Waals surface area contributed by atoms with E-state index in [9.17, 15) is 9.59 Å². The topological polar surface area (TPSA) is 67.4 Å². The minimum Gasteiger partial charge on any atom is -0.480 e. The summed E-state index contributed by atoms with van der Waals surface area (Å²) in [5.74, 6) is 0.664. The van der Waals surface area contributed by atoms with Gasteiger partial charge in [-0.25, -0.2) is 0 Å². The first-order valence-corrected chi connectivity index (χ1v) is 8.59. The number of Topliss-reactive ketones (excluding diaryl/α,β-unsaturated/α-hetero) is 1. The minimum atomic E-state index is -0.435. The van der Waals surface area contributed by atoms with Crippen molar-refractivity contribution >= 4 is 11.7 Å². The zero-order valence-electron chi connectivity index (χ0n) is 14.0. The third-order valence-corrected chi connectivity index (χ3v) is 4.15. The molecule has 1 atom stereocenters. The lowest BCUT2D eigenvalue weighted by atomic mass is 10.1. The van der Waals surface area contributed by atoms with Crippen molar-refractivity contribution in [1.82, 2.24) is 10.6 Å². The van der Waals surface area contributed by atoms with Gasteiger partial charge in [-0.3, -0.25) is 9.59 Å². The van der Waals surface area contributed by atoms with Crippen LogP contribution in [0.5, 0.6) is 5.75 Å². The molecular weight excluding hydrogens is 316 g/mol. The van der Waals surface area contributed by atoms with Crippen LogP contribution in [0.2, 0.25) is 0 Å². The number of fused-ring (bicyclic) bond motifs is 1. The first-order chi connectivity index (χ1) is 12.3. The molecule has 25 heavy (non-hydrogen) atoms. The zero-order chi connectivity index (χ0) is 17.5. The van der Waals surface area contributed by atoms with Crippen molar-refractivity contribution in [2.24, 2.45) is 0 Å². The second-order valence-corrected chi connectivity index (χ2v) is 6.00. The number of nitrogens with one attached hydrogen (secondary N) is 2. The zero-order valence-corrected chi connectivity index (χ0v) is 14.0. The number of unbranched alkanes of at least 4 members (excludes halogenated alkanes) is 1. The van der Waals surface area contributed by atoms with E-state index in [0.29, 0.717) is 30.0 Å². The SMILES string of the molecule is O=C(NCCCCNCC1Oc2ccccc2C1=O)c1ccccc1. The Labute approximate surface area is 147 Å². The molecule has 2 N–H and O–H groups in total. The summed E-state index contributed by atoms with van der Waals surface area (Å²) in [6, 6.07) is 16.5. The van der Waals surface area contributed by atoms with Gasteiger partial charge in [-0.2, -0.15) is 0 Å². The maximum absolute atomic E-state index is 12.2. The number of para-hydroxylation sites is 1. The molecule has 2 aromatic rings. The summed E-state index contributed by atoms with van der Waals surface area (Å²) in [6.07, 6.45) is 1.36. The molecule has 3 rings (SSSR count). The maximum Gasteiger partial charge on any atom is 0.251 e. The van der Waals surface area contributed by atoms with Gasteiger partial charge >= 0.3 is 0 Å². The van der Waals surface area contributed by atoms with E-state index in [1.807, 2.05) is 36.4 Å². The molecule has 5 nitrogen and oxygen atoms in total. The van der Waals surface area contributed by atoms with Gasteiger partial charge in [0.1, 0.15) is 5.75 Å². The van der Waals surface area contributed by atoms with Crippen LogP contribution in [0.25, 0.3) is 0 Å². The Morgan fingerprint density at radius 3 is 2.48 bits per heavy atom. The summed E-state index contributed by atoms with van der Waals surface area (Å²) in [7, 11) is 0. The molecule has 130 valence electrons. The number of ether oxygens (including phenoxy) is 1. The van der Waals surface area contributed by atoms with Crippen LogP contribution in [0, 0.1) is 0 Å². The first kappa shape index (κ1) is 17.2. The number of hydrogen-bond acceptors (Lipinski definition) is 4. The van der Waals surface area contributed by atoms with Crippen LogP contribution in [0.4, 0.5) is 0 Å². The summed E-state index contributed by atoms with van der Waals surface area (Å²) in [4.78, 5) is 24.0. The van der Waals surface area contributed by atoms with Crippen molar-refractivity contribution in [3.05, 3.63) is 65.7 Å². The van der Waals surface area contributed by atoms with Gasteiger partial charge in [0, 0.05) is 18.7 Å². The minimum absolute atomic E-state index is 0.0400. The van der Waals surface area contributed by atoms with Gasteiger partial charge in [-0.05, 0) is 43.7 Å². The number of carbonyl (C=O) groups is 2. The van der Waals surface area contributed by atoms with E-state index in [0.717, 1.165) is 19.4 Å². The molecule has 0 aromatic heterocycles. The highest BCUT2D eigenvalue weighted by atomic mass is 16.5. The van der Waals surface area contributed by atoms with E-state index >= 15 is 0 Å². The van der Waals surface area contributed by atoms with Gasteiger partial charge in [0.05, 0.1) is 5.56 Å². The lowest BCUT2D eigenvalue weighted by Crippen LogP contribution is -2.34. The Hall–Kier alpha value is -2.66. The van der Waals surface area contributed by atoms with Crippen molar-refractivity contribution in [2.75, 3.05) is 19.6 Å². The molecule has 0 saturated heterocycles. The predicted octanol–water partition coefficient (Wildman–Crippen LogP) is 2.43. The Bertz CT molecular complexity index is 731. The number of rotatable bonds is 8. The van der Waals surface area contributed by atoms with Crippen LogP contribution in [-0.2, 0) is 0 Å². The molecule has 1 aliphatic rings. The molecular formula is C20H22N2O3. The quantitative estimate of drug-likeness (QED) is 0.726. The summed E-state index contributed by atoms with van der Waals surface area (Å²) in [5.41, 5.74) is 1.34. The van der Waals surface area contributed by atoms with Crippen LogP contribution in [0.3, 0.4) is 0 Å². The lowest BCUT2D eigenvalue weighted by molar-refractivity contribution is 0.0856. The van der Waals surface area contributed by atoms with E-state index in [2.05, 4.69) is 10.6 Å². The van der Waals surface area contributed by atoms with Gasteiger partial charge in [-0.1, -0.05) is 30.3 Å². The Balaban J connectivity index is 1.28. The number of hydrogen-bond donors (Lipinski definition) is 2. The molecule has 1 aliphatic heterocycles. The monoisotopic (exact) mass is 338 g/mol. The van der Waals surface area contributed by atoms with Crippen molar-refractivity contribution in [3.8, 4) is 5.75 Å². The van der Waals surface area contributed by atoms with E-state index in [1.165, 1.54) is 0 Å². The molecule has 0 saturated carbocycles. The first-order valence-electron chi connectivity index (χ1n) is 8.59. The highest BCUT2D eigenvalue weighted by Gasteiger charge is 2.31. The number of carbonyl (C=O) groups excluding carboxylic acids is 2. The van der Waals surface area contributed by atoms with E-state index in [1.54, 1.807) is 18.2 Å². The van der Waals surface area contributed by atoms with Crippen molar-refractivity contribution in [2.45, 2.75) is 18.9 Å². The van der Waals surface area contributed by atoms with E-state index in [-0.39, 0.29) is 11.7 Å². The molecule has 0 spiro atoms. The summed E-state index contributed by atoms with van der Waals surface area (Å²) in [5, 5.41) is 6.16. The third kappa shape index (κ3) is 4.45. The van der Waals surface area contributed by atoms with Crippen molar-refractivity contribution < 1.29 is 14.3 Å². The van der Waals surface area contributed by atoms with E-state index in [4.69, 9.17) is 4.74 Å². The van der Waals surface area contributed by atoms with Gasteiger partial charge in [-0.15, -0.1) is 0 Å². The van der Waals surface area contributed by atoms with E-state index < -0.39 is 6.10 Å². The van der Waals surface area contributed by atoms with Crippen LogP contribution in [-0.4, -0.2) is 37.4 Å². The predicted molar refractivity (Wildman–Crippen MR) is 96.1 cm³/mol. The number of benzene rings is 2. The Morgan fingerprint density at radius 1 is 0.960 bits per heavy atom. The van der Waals surface area contributed by atoms with Crippen LogP contribution < -0.4 is 15.4 Å². The molecule has 2 aromatic carbocycles. The maximum atomic E-state index is 12.2. The number of ketones is 1. The molecule has 1 heterocycles. The molecule has 1 amide bonds. The standard InChI is InChI=1S/C20H22N2O3/c23-19-16-10-4-5-11-17(16)25-18(19)14-21-12-6-7-13-22-20(24)15-8-2-1-3-9-15/h1-5,8-11,18,21H,6-7,12-14H2,(H,22,24). The summed E-state index contributed by atoms with van der Waals surface area (Å²) >= 11 is 0. The molecule has 0 radical (unpaired) electrons. The largest absolute Gasteiger partial charge is 0.480 e. The number of amides is 1. The smallest absolute Gasteiger partial charge is 0.251 e. The van der Waals surface area contributed by atoms with Crippen molar-refractivity contribution in [3.63, 3.8) is 0 Å². The normalized spacial score (nSPS) is 15.5. The highest BCUT2D eigenvalue weighted by molar-refractivity contribution is 6.04. The van der Waals surface area contributed by atoms with Crippen LogP contribution in [0.15, 0.2) is 54.6 Å². The lowest BCUT2D eigenvalue weighted by Gasteiger charge is -2.11. The second kappa shape index (κ2) is 8.44. The average Bonchev–Trinajstić information content (AvgIpc) is 2.97. The van der Waals surface area contributed by atoms with Gasteiger partial charge < -0.3 is 15.4 Å². The Kier molecular flexibility index (Phi) is 5.80. The third-order valence-electron chi connectivity index (χ3n) is 4.15. The molecule has 0 fully saturated rings. The van der Waals surface area contributed by atoms with Crippen molar-refractivity contribution in [1.29, 1.82) is 0 Å². The molecule has 1 unspecified atom stereocenters. The molecule has 0 aliphatic carbocycles. The summed E-state index contributed by atoms with van der Waals surface area (Å²) < 4.78 is 5.66. The summed E-state index contributed by atoms with van der Waals surface area (Å²) in [6.45, 7) is 1.92.